The molecule has 3 heteroatoms. The summed E-state index contributed by atoms with van der Waals surface area (Å²) in [7, 11) is 0. The Labute approximate surface area is 82.4 Å². The fourth-order valence-corrected chi connectivity index (χ4v) is 1.36. The Bertz CT molecular complexity index is 438. The number of benzene rings is 1. The van der Waals surface area contributed by atoms with E-state index >= 15 is 0 Å². The molecule has 0 fully saturated rings. The zero-order valence-electron chi connectivity index (χ0n) is 7.64. The first-order valence-electron chi connectivity index (χ1n) is 4.33. The van der Waals surface area contributed by atoms with E-state index in [2.05, 4.69) is 4.98 Å². The van der Waals surface area contributed by atoms with Crippen LogP contribution in [0.25, 0.3) is 11.1 Å². The Hall–Kier alpha value is -2.03. The van der Waals surface area contributed by atoms with Crippen LogP contribution in [0.15, 0.2) is 42.7 Å². The quantitative estimate of drug-likeness (QED) is 0.667. The molecule has 0 aliphatic heterocycles. The van der Waals surface area contributed by atoms with Gasteiger partial charge in [0, 0.05) is 29.3 Å². The molecule has 0 spiro atoms. The van der Waals surface area contributed by atoms with Crippen LogP contribution in [0.3, 0.4) is 0 Å². The molecule has 4 N–H and O–H groups in total. The molecular formula is C11H11N3. The first-order valence-corrected chi connectivity index (χ1v) is 4.33. The number of pyridine rings is 1. The van der Waals surface area contributed by atoms with Crippen LogP contribution < -0.4 is 11.5 Å². The van der Waals surface area contributed by atoms with Gasteiger partial charge in [-0.3, -0.25) is 4.98 Å². The van der Waals surface area contributed by atoms with E-state index < -0.39 is 0 Å². The first-order chi connectivity index (χ1) is 6.77. The Kier molecular flexibility index (Phi) is 2.07. The first kappa shape index (κ1) is 8.56. The second kappa shape index (κ2) is 3.38. The number of nitrogen functional groups attached to an aromatic ring is 2. The predicted octanol–water partition coefficient (Wildman–Crippen LogP) is 1.91. The average Bonchev–Trinajstić information content (AvgIpc) is 2.23. The molecule has 2 rings (SSSR count). The second-order valence-corrected chi connectivity index (χ2v) is 3.08. The van der Waals surface area contributed by atoms with Gasteiger partial charge in [-0.1, -0.05) is 0 Å². The van der Waals surface area contributed by atoms with E-state index in [1.54, 1.807) is 18.5 Å². The Morgan fingerprint density at radius 1 is 0.929 bits per heavy atom. The van der Waals surface area contributed by atoms with Gasteiger partial charge in [0.25, 0.3) is 0 Å². The maximum atomic E-state index is 5.85. The minimum Gasteiger partial charge on any atom is -0.399 e. The lowest BCUT2D eigenvalue weighted by Gasteiger charge is -2.06. The Morgan fingerprint density at radius 2 is 1.64 bits per heavy atom. The van der Waals surface area contributed by atoms with Gasteiger partial charge in [-0.15, -0.1) is 0 Å². The van der Waals surface area contributed by atoms with E-state index in [1.165, 1.54) is 0 Å². The Balaban J connectivity index is 2.57. The highest BCUT2D eigenvalue weighted by Crippen LogP contribution is 2.26. The fraction of sp³-hybridized carbons (Fsp3) is 0. The van der Waals surface area contributed by atoms with Crippen molar-refractivity contribution in [2.45, 2.75) is 0 Å². The molecule has 0 amide bonds. The van der Waals surface area contributed by atoms with Crippen LogP contribution in [0.2, 0.25) is 0 Å². The molecule has 1 aromatic carbocycles. The third-order valence-corrected chi connectivity index (χ3v) is 2.07. The minimum atomic E-state index is 0.714. The zero-order valence-corrected chi connectivity index (χ0v) is 7.64. The predicted molar refractivity (Wildman–Crippen MR) is 58.5 cm³/mol. The summed E-state index contributed by atoms with van der Waals surface area (Å²) in [6.45, 7) is 0. The number of hydrogen-bond donors (Lipinski definition) is 2. The molecular weight excluding hydrogens is 174 g/mol. The smallest absolute Gasteiger partial charge is 0.0395 e. The summed E-state index contributed by atoms with van der Waals surface area (Å²) >= 11 is 0. The van der Waals surface area contributed by atoms with Gasteiger partial charge in [-0.25, -0.2) is 0 Å². The van der Waals surface area contributed by atoms with Gasteiger partial charge in [0.1, 0.15) is 0 Å². The van der Waals surface area contributed by atoms with E-state index in [9.17, 15) is 0 Å². The van der Waals surface area contributed by atoms with Crippen molar-refractivity contribution in [1.82, 2.24) is 4.98 Å². The minimum absolute atomic E-state index is 0.714. The molecule has 3 nitrogen and oxygen atoms in total. The van der Waals surface area contributed by atoms with E-state index in [0.29, 0.717) is 5.69 Å². The maximum absolute atomic E-state index is 5.85. The maximum Gasteiger partial charge on any atom is 0.0395 e. The van der Waals surface area contributed by atoms with E-state index in [4.69, 9.17) is 11.5 Å². The van der Waals surface area contributed by atoms with Crippen LogP contribution >= 0.6 is 0 Å². The normalized spacial score (nSPS) is 10.0. The summed E-state index contributed by atoms with van der Waals surface area (Å²) in [6, 6.07) is 9.28. The van der Waals surface area contributed by atoms with Gasteiger partial charge in [0.2, 0.25) is 0 Å². The van der Waals surface area contributed by atoms with Crippen LogP contribution in [0.5, 0.6) is 0 Å². The van der Waals surface area contributed by atoms with Gasteiger partial charge in [-0.2, -0.15) is 0 Å². The molecule has 70 valence electrons. The largest absolute Gasteiger partial charge is 0.399 e. The topological polar surface area (TPSA) is 64.9 Å². The molecule has 0 unspecified atom stereocenters. The van der Waals surface area contributed by atoms with Crippen molar-refractivity contribution in [2.75, 3.05) is 11.5 Å². The monoisotopic (exact) mass is 185 g/mol. The number of aromatic nitrogens is 1. The number of nitrogens with two attached hydrogens (primary N) is 2. The lowest BCUT2D eigenvalue weighted by Crippen LogP contribution is -1.92. The second-order valence-electron chi connectivity index (χ2n) is 3.08. The van der Waals surface area contributed by atoms with Crippen LogP contribution in [0.4, 0.5) is 11.4 Å². The van der Waals surface area contributed by atoms with E-state index in [-0.39, 0.29) is 0 Å². The summed E-state index contributed by atoms with van der Waals surface area (Å²) in [5, 5.41) is 0. The molecule has 14 heavy (non-hydrogen) atoms. The lowest BCUT2D eigenvalue weighted by molar-refractivity contribution is 1.33. The SMILES string of the molecule is Nc1ccc(N)c(-c2ccncc2)c1. The zero-order chi connectivity index (χ0) is 9.97. The van der Waals surface area contributed by atoms with Gasteiger partial charge in [0.15, 0.2) is 0 Å². The lowest BCUT2D eigenvalue weighted by atomic mass is 10.0. The molecule has 0 aliphatic rings. The highest BCUT2D eigenvalue weighted by molar-refractivity contribution is 5.78. The summed E-state index contributed by atoms with van der Waals surface area (Å²) in [5.41, 5.74) is 15.0. The molecule has 2 aromatic rings. The van der Waals surface area contributed by atoms with Crippen molar-refractivity contribution in [3.05, 3.63) is 42.7 Å². The standard InChI is InChI=1S/C11H11N3/c12-9-1-2-11(13)10(7-9)8-3-5-14-6-4-8/h1-7H,12-13H2. The highest BCUT2D eigenvalue weighted by atomic mass is 14.6. The van der Waals surface area contributed by atoms with Crippen molar-refractivity contribution in [1.29, 1.82) is 0 Å². The van der Waals surface area contributed by atoms with Gasteiger partial charge in [-0.05, 0) is 35.9 Å². The van der Waals surface area contributed by atoms with Crippen molar-refractivity contribution in [2.24, 2.45) is 0 Å². The molecule has 0 atom stereocenters. The molecule has 0 saturated carbocycles. The summed E-state index contributed by atoms with van der Waals surface area (Å²) in [5.74, 6) is 0. The van der Waals surface area contributed by atoms with Gasteiger partial charge >= 0.3 is 0 Å². The average molecular weight is 185 g/mol. The fourth-order valence-electron chi connectivity index (χ4n) is 1.36. The summed E-state index contributed by atoms with van der Waals surface area (Å²) in [6.07, 6.45) is 3.47. The summed E-state index contributed by atoms with van der Waals surface area (Å²) < 4.78 is 0. The Morgan fingerprint density at radius 3 is 2.36 bits per heavy atom. The molecule has 1 aromatic heterocycles. The van der Waals surface area contributed by atoms with Crippen molar-refractivity contribution >= 4 is 11.4 Å². The number of hydrogen-bond acceptors (Lipinski definition) is 3. The number of anilines is 2. The molecule has 0 radical (unpaired) electrons. The molecule has 1 heterocycles. The number of rotatable bonds is 1. The number of nitrogens with zero attached hydrogens (tertiary/aromatic N) is 1. The molecule has 0 saturated heterocycles. The van der Waals surface area contributed by atoms with E-state index in [0.717, 1.165) is 16.8 Å². The van der Waals surface area contributed by atoms with Crippen LogP contribution in [0, 0.1) is 0 Å². The third kappa shape index (κ3) is 1.52. The van der Waals surface area contributed by atoms with Crippen LogP contribution in [0.1, 0.15) is 0 Å². The van der Waals surface area contributed by atoms with Crippen LogP contribution in [-0.4, -0.2) is 4.98 Å². The van der Waals surface area contributed by atoms with Gasteiger partial charge in [0.05, 0.1) is 0 Å². The van der Waals surface area contributed by atoms with Crippen molar-refractivity contribution in [3.63, 3.8) is 0 Å². The molecule has 0 aliphatic carbocycles. The highest BCUT2D eigenvalue weighted by Gasteiger charge is 2.01. The summed E-state index contributed by atoms with van der Waals surface area (Å²) in [4.78, 5) is 3.95. The molecule has 0 bridgehead atoms. The van der Waals surface area contributed by atoms with Gasteiger partial charge < -0.3 is 11.5 Å². The van der Waals surface area contributed by atoms with Crippen molar-refractivity contribution < 1.29 is 0 Å². The van der Waals surface area contributed by atoms with E-state index in [1.807, 2.05) is 24.3 Å². The van der Waals surface area contributed by atoms with Crippen molar-refractivity contribution in [3.8, 4) is 11.1 Å². The van der Waals surface area contributed by atoms with Crippen LogP contribution in [-0.2, 0) is 0 Å². The third-order valence-electron chi connectivity index (χ3n) is 2.07.